The average molecular weight is 276 g/mol. The molecule has 0 spiro atoms. The van der Waals surface area contributed by atoms with Gasteiger partial charge in [0, 0.05) is 19.1 Å². The molecule has 1 amide bonds. The van der Waals surface area contributed by atoms with E-state index in [2.05, 4.69) is 4.90 Å². The normalized spacial score (nSPS) is 23.4. The van der Waals surface area contributed by atoms with E-state index in [0.29, 0.717) is 6.54 Å². The van der Waals surface area contributed by atoms with Crippen LogP contribution < -0.4 is 0 Å². The number of amides is 1. The van der Waals surface area contributed by atoms with Gasteiger partial charge in [-0.1, -0.05) is 12.1 Å². The molecule has 3 nitrogen and oxygen atoms in total. The lowest BCUT2D eigenvalue weighted by atomic mass is 10.0. The zero-order valence-electron chi connectivity index (χ0n) is 11.7. The van der Waals surface area contributed by atoms with E-state index < -0.39 is 0 Å². The molecule has 1 unspecified atom stereocenters. The zero-order chi connectivity index (χ0) is 13.9. The van der Waals surface area contributed by atoms with Gasteiger partial charge in [0.2, 0.25) is 5.91 Å². The Morgan fingerprint density at radius 2 is 1.80 bits per heavy atom. The highest BCUT2D eigenvalue weighted by molar-refractivity contribution is 5.78. The Labute approximate surface area is 119 Å². The Hall–Kier alpha value is -1.42. The van der Waals surface area contributed by atoms with Crippen molar-refractivity contribution in [1.29, 1.82) is 0 Å². The molecule has 3 rings (SSSR count). The Balaban J connectivity index is 1.66. The maximum absolute atomic E-state index is 13.0. The van der Waals surface area contributed by atoms with E-state index in [4.69, 9.17) is 0 Å². The average Bonchev–Trinajstić information content (AvgIpc) is 3.10. The summed E-state index contributed by atoms with van der Waals surface area (Å²) in [6, 6.07) is 6.97. The third-order valence-electron chi connectivity index (χ3n) is 4.42. The Bertz CT molecular complexity index is 468. The molecule has 0 N–H and O–H groups in total. The minimum atomic E-state index is -0.202. The number of carbonyl (C=O) groups excluding carboxylic acids is 1. The second kappa shape index (κ2) is 5.92. The van der Waals surface area contributed by atoms with Crippen molar-refractivity contribution in [2.24, 2.45) is 0 Å². The van der Waals surface area contributed by atoms with Crippen LogP contribution in [0.4, 0.5) is 4.39 Å². The van der Waals surface area contributed by atoms with Crippen molar-refractivity contribution in [2.75, 3.05) is 26.2 Å². The fourth-order valence-electron chi connectivity index (χ4n) is 3.32. The van der Waals surface area contributed by atoms with E-state index in [9.17, 15) is 9.18 Å². The molecule has 2 heterocycles. The molecule has 2 aliphatic rings. The van der Waals surface area contributed by atoms with E-state index in [1.54, 1.807) is 0 Å². The molecular weight excluding hydrogens is 255 g/mol. The Morgan fingerprint density at radius 3 is 2.50 bits per heavy atom. The number of rotatable bonds is 3. The highest BCUT2D eigenvalue weighted by atomic mass is 19.1. The first-order valence-electron chi connectivity index (χ1n) is 7.51. The van der Waals surface area contributed by atoms with Crippen LogP contribution in [0.15, 0.2) is 24.3 Å². The topological polar surface area (TPSA) is 23.6 Å². The number of carbonyl (C=O) groups is 1. The quantitative estimate of drug-likeness (QED) is 0.847. The van der Waals surface area contributed by atoms with Crippen molar-refractivity contribution >= 4 is 5.91 Å². The van der Waals surface area contributed by atoms with Crippen molar-refractivity contribution in [1.82, 2.24) is 9.80 Å². The van der Waals surface area contributed by atoms with Crippen molar-refractivity contribution in [2.45, 2.75) is 31.7 Å². The Morgan fingerprint density at radius 1 is 1.10 bits per heavy atom. The molecule has 108 valence electrons. The first-order valence-corrected chi connectivity index (χ1v) is 7.51. The summed E-state index contributed by atoms with van der Waals surface area (Å²) in [5, 5.41) is 0. The number of hydrogen-bond donors (Lipinski definition) is 0. The summed E-state index contributed by atoms with van der Waals surface area (Å²) in [6.45, 7) is 3.28. The van der Waals surface area contributed by atoms with Crippen molar-refractivity contribution in [3.05, 3.63) is 35.6 Å². The maximum Gasteiger partial charge on any atom is 0.236 e. The smallest absolute Gasteiger partial charge is 0.236 e. The van der Waals surface area contributed by atoms with Crippen LogP contribution in [0.5, 0.6) is 0 Å². The van der Waals surface area contributed by atoms with Gasteiger partial charge in [0.05, 0.1) is 6.54 Å². The molecule has 0 bridgehead atoms. The summed E-state index contributed by atoms with van der Waals surface area (Å²) in [5.74, 6) is 0.0444. The van der Waals surface area contributed by atoms with Crippen LogP contribution in [0, 0.1) is 5.82 Å². The molecule has 20 heavy (non-hydrogen) atoms. The van der Waals surface area contributed by atoms with Crippen LogP contribution in [-0.4, -0.2) is 41.9 Å². The van der Waals surface area contributed by atoms with Crippen LogP contribution in [0.25, 0.3) is 0 Å². The van der Waals surface area contributed by atoms with E-state index in [1.165, 1.54) is 12.1 Å². The molecule has 0 aromatic heterocycles. The summed E-state index contributed by atoms with van der Waals surface area (Å²) in [6.07, 6.45) is 4.43. The van der Waals surface area contributed by atoms with Crippen molar-refractivity contribution < 1.29 is 9.18 Å². The van der Waals surface area contributed by atoms with Gasteiger partial charge >= 0.3 is 0 Å². The third-order valence-corrected chi connectivity index (χ3v) is 4.42. The number of likely N-dealkylation sites (tertiary alicyclic amines) is 2. The highest BCUT2D eigenvalue weighted by Crippen LogP contribution is 2.31. The molecule has 2 aliphatic heterocycles. The summed E-state index contributed by atoms with van der Waals surface area (Å²) in [7, 11) is 0. The first-order chi connectivity index (χ1) is 9.74. The minimum absolute atomic E-state index is 0.202. The van der Waals surface area contributed by atoms with Gasteiger partial charge in [-0.2, -0.15) is 0 Å². The van der Waals surface area contributed by atoms with Gasteiger partial charge in [-0.25, -0.2) is 4.39 Å². The number of halogens is 1. The maximum atomic E-state index is 13.0. The van der Waals surface area contributed by atoms with Gasteiger partial charge in [-0.15, -0.1) is 0 Å². The van der Waals surface area contributed by atoms with Crippen LogP contribution in [0.1, 0.15) is 37.3 Å². The predicted octanol–water partition coefficient (Wildman–Crippen LogP) is 2.59. The lowest BCUT2D eigenvalue weighted by Gasteiger charge is -2.26. The molecule has 2 fully saturated rings. The van der Waals surface area contributed by atoms with Gasteiger partial charge in [-0.05, 0) is 49.9 Å². The molecule has 0 saturated carbocycles. The second-order valence-corrected chi connectivity index (χ2v) is 5.77. The van der Waals surface area contributed by atoms with E-state index in [1.807, 2.05) is 17.0 Å². The fraction of sp³-hybridized carbons (Fsp3) is 0.562. The second-order valence-electron chi connectivity index (χ2n) is 5.77. The molecule has 1 aromatic carbocycles. The SMILES string of the molecule is O=C(CN1CCCC1c1ccc(F)cc1)N1CCCC1. The largest absolute Gasteiger partial charge is 0.342 e. The minimum Gasteiger partial charge on any atom is -0.342 e. The lowest BCUT2D eigenvalue weighted by Crippen LogP contribution is -2.38. The molecule has 1 atom stereocenters. The van der Waals surface area contributed by atoms with Crippen LogP contribution in [0.3, 0.4) is 0 Å². The van der Waals surface area contributed by atoms with E-state index in [0.717, 1.165) is 50.9 Å². The monoisotopic (exact) mass is 276 g/mol. The van der Waals surface area contributed by atoms with Crippen LogP contribution in [0.2, 0.25) is 0 Å². The van der Waals surface area contributed by atoms with Gasteiger partial charge in [-0.3, -0.25) is 9.69 Å². The van der Waals surface area contributed by atoms with Gasteiger partial charge in [0.15, 0.2) is 0 Å². The summed E-state index contributed by atoms with van der Waals surface area (Å²) < 4.78 is 13.0. The van der Waals surface area contributed by atoms with Gasteiger partial charge in [0.25, 0.3) is 0 Å². The van der Waals surface area contributed by atoms with Crippen molar-refractivity contribution in [3.63, 3.8) is 0 Å². The summed E-state index contributed by atoms with van der Waals surface area (Å²) in [5.41, 5.74) is 1.12. The van der Waals surface area contributed by atoms with Crippen molar-refractivity contribution in [3.8, 4) is 0 Å². The zero-order valence-corrected chi connectivity index (χ0v) is 11.7. The predicted molar refractivity (Wildman–Crippen MR) is 75.8 cm³/mol. The van der Waals surface area contributed by atoms with Crippen LogP contribution >= 0.6 is 0 Å². The number of hydrogen-bond acceptors (Lipinski definition) is 2. The molecule has 2 saturated heterocycles. The molecule has 4 heteroatoms. The van der Waals surface area contributed by atoms with Crippen LogP contribution in [-0.2, 0) is 4.79 Å². The molecule has 0 radical (unpaired) electrons. The molecule has 1 aromatic rings. The standard InChI is InChI=1S/C16H21FN2O/c17-14-7-5-13(6-8-14)15-4-3-11-19(15)12-16(20)18-9-1-2-10-18/h5-8,15H,1-4,9-12H2. The lowest BCUT2D eigenvalue weighted by molar-refractivity contribution is -0.131. The third kappa shape index (κ3) is 2.85. The molecular formula is C16H21FN2O. The van der Waals surface area contributed by atoms with E-state index >= 15 is 0 Å². The van der Waals surface area contributed by atoms with Gasteiger partial charge < -0.3 is 4.90 Å². The number of nitrogens with zero attached hydrogens (tertiary/aromatic N) is 2. The van der Waals surface area contributed by atoms with E-state index in [-0.39, 0.29) is 17.8 Å². The fourth-order valence-corrected chi connectivity index (χ4v) is 3.32. The summed E-state index contributed by atoms with van der Waals surface area (Å²) >= 11 is 0. The Kier molecular flexibility index (Phi) is 4.01. The molecule has 0 aliphatic carbocycles. The summed E-state index contributed by atoms with van der Waals surface area (Å²) in [4.78, 5) is 16.5. The van der Waals surface area contributed by atoms with Gasteiger partial charge in [0.1, 0.15) is 5.82 Å². The number of benzene rings is 1. The first kappa shape index (κ1) is 13.6. The highest BCUT2D eigenvalue weighted by Gasteiger charge is 2.29.